The van der Waals surface area contributed by atoms with Crippen molar-refractivity contribution >= 4 is 0 Å². The number of fused-ring (bicyclic) bond motifs is 1. The highest BCUT2D eigenvalue weighted by atomic mass is 19.1. The van der Waals surface area contributed by atoms with E-state index in [0.717, 1.165) is 36.1 Å². The molecule has 0 spiro atoms. The van der Waals surface area contributed by atoms with Crippen molar-refractivity contribution in [2.24, 2.45) is 0 Å². The van der Waals surface area contributed by atoms with Crippen LogP contribution in [0.1, 0.15) is 30.0 Å². The molecule has 0 radical (unpaired) electrons. The molecule has 3 heteroatoms. The summed E-state index contributed by atoms with van der Waals surface area (Å²) >= 11 is 0. The summed E-state index contributed by atoms with van der Waals surface area (Å²) in [6, 6.07) is 3.42. The second kappa shape index (κ2) is 4.42. The maximum absolute atomic E-state index is 13.9. The number of benzene rings is 1. The summed E-state index contributed by atoms with van der Waals surface area (Å²) in [6.07, 6.45) is 3.03. The van der Waals surface area contributed by atoms with Gasteiger partial charge in [-0.2, -0.15) is 0 Å². The topological polar surface area (TPSA) is 12.5 Å². The van der Waals surface area contributed by atoms with Gasteiger partial charge in [0.05, 0.1) is 7.11 Å². The summed E-state index contributed by atoms with van der Waals surface area (Å²) in [4.78, 5) is 2.08. The van der Waals surface area contributed by atoms with E-state index in [9.17, 15) is 4.39 Å². The lowest BCUT2D eigenvalue weighted by atomic mass is 9.86. The molecule has 0 N–H and O–H groups in total. The van der Waals surface area contributed by atoms with E-state index >= 15 is 0 Å². The number of ether oxygens (including phenoxy) is 1. The molecule has 0 bridgehead atoms. The van der Waals surface area contributed by atoms with Crippen molar-refractivity contribution in [2.45, 2.75) is 25.3 Å². The lowest BCUT2D eigenvalue weighted by Gasteiger charge is -2.31. The second-order valence-corrected chi connectivity index (χ2v) is 4.51. The molecule has 2 nitrogen and oxygen atoms in total. The van der Waals surface area contributed by atoms with Gasteiger partial charge in [0.25, 0.3) is 0 Å². The van der Waals surface area contributed by atoms with Gasteiger partial charge in [-0.15, -0.1) is 0 Å². The van der Waals surface area contributed by atoms with Gasteiger partial charge >= 0.3 is 0 Å². The van der Waals surface area contributed by atoms with Gasteiger partial charge in [0.1, 0.15) is 11.6 Å². The number of hydrogen-bond acceptors (Lipinski definition) is 2. The Balaban J connectivity index is 2.54. The van der Waals surface area contributed by atoms with Gasteiger partial charge in [0.15, 0.2) is 0 Å². The van der Waals surface area contributed by atoms with Crippen molar-refractivity contribution in [3.63, 3.8) is 0 Å². The normalized spacial score (nSPS) is 19.7. The first-order valence-corrected chi connectivity index (χ1v) is 5.67. The summed E-state index contributed by atoms with van der Waals surface area (Å²) in [6.45, 7) is 0. The summed E-state index contributed by atoms with van der Waals surface area (Å²) in [5, 5.41) is 0. The molecule has 0 amide bonds. The van der Waals surface area contributed by atoms with Crippen LogP contribution < -0.4 is 4.74 Å². The predicted octanol–water partition coefficient (Wildman–Crippen LogP) is 2.77. The number of rotatable bonds is 2. The highest BCUT2D eigenvalue weighted by molar-refractivity contribution is 5.44. The molecule has 88 valence electrons. The van der Waals surface area contributed by atoms with Gasteiger partial charge in [0.2, 0.25) is 0 Å². The molecule has 2 rings (SSSR count). The van der Waals surface area contributed by atoms with Gasteiger partial charge in [-0.3, -0.25) is 0 Å². The molecule has 0 saturated carbocycles. The van der Waals surface area contributed by atoms with E-state index in [4.69, 9.17) is 4.74 Å². The molecule has 0 aromatic heterocycles. The third-order valence-corrected chi connectivity index (χ3v) is 3.34. The lowest BCUT2D eigenvalue weighted by molar-refractivity contribution is 0.258. The van der Waals surface area contributed by atoms with Crippen LogP contribution in [0.15, 0.2) is 12.1 Å². The molecule has 0 aliphatic heterocycles. The van der Waals surface area contributed by atoms with Crippen LogP contribution in [0.4, 0.5) is 4.39 Å². The molecule has 1 atom stereocenters. The van der Waals surface area contributed by atoms with Crippen LogP contribution in [-0.2, 0) is 6.42 Å². The smallest absolute Gasteiger partial charge is 0.128 e. The van der Waals surface area contributed by atoms with Crippen LogP contribution in [-0.4, -0.2) is 26.1 Å². The number of nitrogens with zero attached hydrogens (tertiary/aromatic N) is 1. The van der Waals surface area contributed by atoms with Crippen LogP contribution in [0, 0.1) is 5.82 Å². The minimum absolute atomic E-state index is 0.103. The van der Waals surface area contributed by atoms with Crippen LogP contribution in [0.5, 0.6) is 5.75 Å². The number of hydrogen-bond donors (Lipinski definition) is 0. The molecule has 0 fully saturated rings. The third-order valence-electron chi connectivity index (χ3n) is 3.34. The first-order valence-electron chi connectivity index (χ1n) is 5.67. The Morgan fingerprint density at radius 3 is 2.75 bits per heavy atom. The first kappa shape index (κ1) is 11.4. The predicted molar refractivity (Wildman–Crippen MR) is 62.3 cm³/mol. The average molecular weight is 223 g/mol. The average Bonchev–Trinajstić information content (AvgIpc) is 2.29. The van der Waals surface area contributed by atoms with E-state index in [-0.39, 0.29) is 11.9 Å². The Bertz CT molecular complexity index is 390. The summed E-state index contributed by atoms with van der Waals surface area (Å²) in [7, 11) is 5.64. The van der Waals surface area contributed by atoms with Crippen molar-refractivity contribution in [3.05, 3.63) is 29.1 Å². The third kappa shape index (κ3) is 1.80. The Kier molecular flexibility index (Phi) is 3.15. The minimum Gasteiger partial charge on any atom is -0.496 e. The SMILES string of the molecule is COc1ccc(F)c2c1CCCC2N(C)C. The Labute approximate surface area is 96.0 Å². The Hall–Kier alpha value is -1.09. The highest BCUT2D eigenvalue weighted by Crippen LogP contribution is 2.39. The van der Waals surface area contributed by atoms with Gasteiger partial charge in [-0.25, -0.2) is 4.39 Å². The van der Waals surface area contributed by atoms with E-state index in [1.807, 2.05) is 14.1 Å². The summed E-state index contributed by atoms with van der Waals surface area (Å²) < 4.78 is 19.2. The van der Waals surface area contributed by atoms with Crippen molar-refractivity contribution < 1.29 is 9.13 Å². The van der Waals surface area contributed by atoms with E-state index in [1.54, 1.807) is 13.2 Å². The number of halogens is 1. The van der Waals surface area contributed by atoms with Crippen LogP contribution in [0.2, 0.25) is 0 Å². The standard InChI is InChI=1S/C13H18FNO/c1-15(2)11-6-4-5-9-12(16-3)8-7-10(14)13(9)11/h7-8,11H,4-6H2,1-3H3. The van der Waals surface area contributed by atoms with Crippen LogP contribution >= 0.6 is 0 Å². The fourth-order valence-electron chi connectivity index (χ4n) is 2.56. The number of methoxy groups -OCH3 is 1. The van der Waals surface area contributed by atoms with Crippen LogP contribution in [0.25, 0.3) is 0 Å². The molecule has 1 aromatic carbocycles. The minimum atomic E-state index is -0.103. The molecule has 1 aliphatic rings. The molecular weight excluding hydrogens is 205 g/mol. The van der Waals surface area contributed by atoms with E-state index in [1.165, 1.54) is 6.07 Å². The monoisotopic (exact) mass is 223 g/mol. The highest BCUT2D eigenvalue weighted by Gasteiger charge is 2.27. The molecular formula is C13H18FNO. The zero-order chi connectivity index (χ0) is 11.7. The van der Waals surface area contributed by atoms with Crippen molar-refractivity contribution in [2.75, 3.05) is 21.2 Å². The van der Waals surface area contributed by atoms with E-state index in [0.29, 0.717) is 0 Å². The quantitative estimate of drug-likeness (QED) is 0.764. The zero-order valence-corrected chi connectivity index (χ0v) is 10.1. The summed E-state index contributed by atoms with van der Waals surface area (Å²) in [5.41, 5.74) is 1.88. The lowest BCUT2D eigenvalue weighted by Crippen LogP contribution is -2.25. The molecule has 16 heavy (non-hydrogen) atoms. The Morgan fingerprint density at radius 1 is 1.38 bits per heavy atom. The first-order chi connectivity index (χ1) is 7.65. The second-order valence-electron chi connectivity index (χ2n) is 4.51. The van der Waals surface area contributed by atoms with Gasteiger partial charge < -0.3 is 9.64 Å². The van der Waals surface area contributed by atoms with E-state index < -0.39 is 0 Å². The van der Waals surface area contributed by atoms with Crippen molar-refractivity contribution in [3.8, 4) is 5.75 Å². The largest absolute Gasteiger partial charge is 0.496 e. The Morgan fingerprint density at radius 2 is 2.12 bits per heavy atom. The van der Waals surface area contributed by atoms with E-state index in [2.05, 4.69) is 4.90 Å². The van der Waals surface area contributed by atoms with Gasteiger partial charge in [-0.1, -0.05) is 0 Å². The fourth-order valence-corrected chi connectivity index (χ4v) is 2.56. The van der Waals surface area contributed by atoms with Crippen molar-refractivity contribution in [1.29, 1.82) is 0 Å². The van der Waals surface area contributed by atoms with Crippen molar-refractivity contribution in [1.82, 2.24) is 4.90 Å². The fraction of sp³-hybridized carbons (Fsp3) is 0.538. The summed E-state index contributed by atoms with van der Waals surface area (Å²) in [5.74, 6) is 0.720. The maximum Gasteiger partial charge on any atom is 0.128 e. The van der Waals surface area contributed by atoms with Gasteiger partial charge in [-0.05, 0) is 45.5 Å². The maximum atomic E-state index is 13.9. The zero-order valence-electron chi connectivity index (χ0n) is 10.1. The van der Waals surface area contributed by atoms with Crippen LogP contribution in [0.3, 0.4) is 0 Å². The molecule has 1 aliphatic carbocycles. The molecule has 1 aromatic rings. The molecule has 0 heterocycles. The molecule has 1 unspecified atom stereocenters. The van der Waals surface area contributed by atoms with Gasteiger partial charge in [0, 0.05) is 17.2 Å². The molecule has 0 saturated heterocycles.